The van der Waals surface area contributed by atoms with E-state index in [-0.39, 0.29) is 23.8 Å². The predicted molar refractivity (Wildman–Crippen MR) is 108 cm³/mol. The van der Waals surface area contributed by atoms with Crippen molar-refractivity contribution in [3.8, 4) is 0 Å². The number of carbonyl (C=O) groups excluding carboxylic acids is 1. The molecule has 3 N–H and O–H groups in total. The van der Waals surface area contributed by atoms with Crippen LogP contribution in [-0.2, 0) is 34.8 Å². The van der Waals surface area contributed by atoms with E-state index in [0.717, 1.165) is 12.1 Å². The van der Waals surface area contributed by atoms with E-state index in [1.165, 1.54) is 12.1 Å². The van der Waals surface area contributed by atoms with Gasteiger partial charge < -0.3 is 9.88 Å². The van der Waals surface area contributed by atoms with Crippen molar-refractivity contribution in [2.45, 2.75) is 17.9 Å². The van der Waals surface area contributed by atoms with Gasteiger partial charge in [-0.25, -0.2) is 12.8 Å². The van der Waals surface area contributed by atoms with Crippen LogP contribution in [0.4, 0.5) is 10.1 Å². The van der Waals surface area contributed by atoms with Crippen molar-refractivity contribution in [3.05, 3.63) is 70.5 Å². The van der Waals surface area contributed by atoms with Gasteiger partial charge in [-0.2, -0.15) is 5.10 Å². The number of carbonyl (C=O) groups is 1. The Kier molecular flexibility index (Phi) is 6.09. The molecule has 3 aromatic rings. The second-order valence-corrected chi connectivity index (χ2v) is 8.28. The Labute approximate surface area is 171 Å². The fraction of sp³-hybridized carbons (Fsp3) is 0.167. The monoisotopic (exact) mass is 435 g/mol. The molecule has 0 saturated heterocycles. The molecule has 2 aromatic carbocycles. The first-order valence-electron chi connectivity index (χ1n) is 8.49. The zero-order valence-corrected chi connectivity index (χ0v) is 17.0. The average Bonchev–Trinajstić information content (AvgIpc) is 3.00. The van der Waals surface area contributed by atoms with Crippen LogP contribution in [0.2, 0.25) is 0 Å². The number of anilines is 1. The Morgan fingerprint density at radius 1 is 1.17 bits per heavy atom. The van der Waals surface area contributed by atoms with Crippen LogP contribution >= 0.6 is 12.2 Å². The number of benzene rings is 2. The number of halogens is 1. The third-order valence-electron chi connectivity index (χ3n) is 4.11. The highest BCUT2D eigenvalue weighted by atomic mass is 32.2. The van der Waals surface area contributed by atoms with Gasteiger partial charge in [-0.3, -0.25) is 14.6 Å². The Morgan fingerprint density at radius 3 is 2.41 bits per heavy atom. The summed E-state index contributed by atoms with van der Waals surface area (Å²) >= 11 is 5.01. The summed E-state index contributed by atoms with van der Waals surface area (Å²) in [6.07, 6.45) is 0.125. The predicted octanol–water partition coefficient (Wildman–Crippen LogP) is 2.28. The van der Waals surface area contributed by atoms with Crippen molar-refractivity contribution in [2.24, 2.45) is 7.05 Å². The van der Waals surface area contributed by atoms with Gasteiger partial charge in [0.2, 0.25) is 5.91 Å². The third-order valence-corrected chi connectivity index (χ3v) is 5.87. The molecular weight excluding hydrogens is 417 g/mol. The van der Waals surface area contributed by atoms with E-state index in [9.17, 15) is 17.6 Å². The van der Waals surface area contributed by atoms with Crippen molar-refractivity contribution in [1.29, 1.82) is 0 Å². The van der Waals surface area contributed by atoms with E-state index in [0.29, 0.717) is 21.8 Å². The summed E-state index contributed by atoms with van der Waals surface area (Å²) in [5.74, 6) is -0.121. The fourth-order valence-electron chi connectivity index (χ4n) is 2.48. The third kappa shape index (κ3) is 5.27. The van der Waals surface area contributed by atoms with Crippen LogP contribution < -0.4 is 10.0 Å². The Hall–Kier alpha value is -3.05. The number of aromatic amines is 1. The van der Waals surface area contributed by atoms with Crippen molar-refractivity contribution >= 4 is 33.8 Å². The molecule has 1 heterocycles. The number of rotatable bonds is 7. The Balaban J connectivity index is 1.58. The largest absolute Gasteiger partial charge is 0.349 e. The van der Waals surface area contributed by atoms with E-state index >= 15 is 0 Å². The maximum atomic E-state index is 13.0. The lowest BCUT2D eigenvalue weighted by Crippen LogP contribution is -2.26. The van der Waals surface area contributed by atoms with E-state index < -0.39 is 15.8 Å². The molecule has 0 fully saturated rings. The summed E-state index contributed by atoms with van der Waals surface area (Å²) in [5, 5.41) is 9.40. The maximum Gasteiger partial charge on any atom is 0.261 e. The fourth-order valence-corrected chi connectivity index (χ4v) is 3.69. The number of amides is 1. The molecule has 0 saturated carbocycles. The number of nitrogens with zero attached hydrogens (tertiary/aromatic N) is 2. The molecule has 8 nitrogen and oxygen atoms in total. The van der Waals surface area contributed by atoms with E-state index in [4.69, 9.17) is 12.2 Å². The van der Waals surface area contributed by atoms with Crippen LogP contribution in [0, 0.1) is 10.6 Å². The van der Waals surface area contributed by atoms with Crippen molar-refractivity contribution in [3.63, 3.8) is 0 Å². The first-order chi connectivity index (χ1) is 13.7. The smallest absolute Gasteiger partial charge is 0.261 e. The lowest BCUT2D eigenvalue weighted by atomic mass is 10.1. The van der Waals surface area contributed by atoms with Gasteiger partial charge in [-0.15, -0.1) is 0 Å². The van der Waals surface area contributed by atoms with E-state index in [1.54, 1.807) is 35.9 Å². The number of hydrogen-bond donors (Lipinski definition) is 3. The second-order valence-electron chi connectivity index (χ2n) is 6.21. The van der Waals surface area contributed by atoms with Crippen molar-refractivity contribution in [1.82, 2.24) is 20.1 Å². The summed E-state index contributed by atoms with van der Waals surface area (Å²) in [6, 6.07) is 10.9. The summed E-state index contributed by atoms with van der Waals surface area (Å²) in [5.41, 5.74) is 1.04. The minimum Gasteiger partial charge on any atom is -0.349 e. The molecule has 0 unspecified atom stereocenters. The maximum absolute atomic E-state index is 13.0. The van der Waals surface area contributed by atoms with Gasteiger partial charge in [-0.1, -0.05) is 12.1 Å². The van der Waals surface area contributed by atoms with Crippen molar-refractivity contribution in [2.75, 3.05) is 4.72 Å². The average molecular weight is 436 g/mol. The summed E-state index contributed by atoms with van der Waals surface area (Å²) in [7, 11) is -2.07. The van der Waals surface area contributed by atoms with Crippen LogP contribution in [-0.4, -0.2) is 29.1 Å². The molecule has 0 spiro atoms. The van der Waals surface area contributed by atoms with Gasteiger partial charge in [0.25, 0.3) is 10.0 Å². The standard InChI is InChI=1S/C18H18FN5O3S2/c1-24-16(21-22-18(24)28)11-20-17(25)10-12-2-6-14(7-3-12)23-29(26,27)15-8-4-13(19)5-9-15/h2-9,23H,10-11H2,1H3,(H,20,25)(H,22,28). The normalized spacial score (nSPS) is 11.2. The minimum atomic E-state index is -3.82. The zero-order valence-electron chi connectivity index (χ0n) is 15.3. The lowest BCUT2D eigenvalue weighted by molar-refractivity contribution is -0.120. The minimum absolute atomic E-state index is 0.0453. The molecule has 1 amide bonds. The zero-order chi connectivity index (χ0) is 21.0. The van der Waals surface area contributed by atoms with E-state index in [2.05, 4.69) is 20.2 Å². The molecule has 152 valence electrons. The molecule has 0 aliphatic heterocycles. The lowest BCUT2D eigenvalue weighted by Gasteiger charge is -2.09. The molecule has 0 atom stereocenters. The van der Waals surface area contributed by atoms with Crippen LogP contribution in [0.25, 0.3) is 0 Å². The molecule has 0 aliphatic rings. The molecule has 29 heavy (non-hydrogen) atoms. The molecule has 0 aliphatic carbocycles. The highest BCUT2D eigenvalue weighted by molar-refractivity contribution is 7.92. The van der Waals surface area contributed by atoms with Gasteiger partial charge in [0.05, 0.1) is 17.9 Å². The summed E-state index contributed by atoms with van der Waals surface area (Å²) in [4.78, 5) is 12.1. The summed E-state index contributed by atoms with van der Waals surface area (Å²) < 4.78 is 42.1. The van der Waals surface area contributed by atoms with Gasteiger partial charge in [-0.05, 0) is 54.2 Å². The van der Waals surface area contributed by atoms with Gasteiger partial charge in [0, 0.05) is 12.7 Å². The molecule has 0 bridgehead atoms. The van der Waals surface area contributed by atoms with Crippen LogP contribution in [0.1, 0.15) is 11.4 Å². The summed E-state index contributed by atoms with van der Waals surface area (Å²) in [6.45, 7) is 0.234. The first kappa shape index (κ1) is 20.7. The van der Waals surface area contributed by atoms with Crippen LogP contribution in [0.5, 0.6) is 0 Å². The van der Waals surface area contributed by atoms with Gasteiger partial charge in [0.15, 0.2) is 10.6 Å². The number of nitrogens with one attached hydrogen (secondary N) is 3. The Bertz CT molecular complexity index is 1170. The van der Waals surface area contributed by atoms with Crippen LogP contribution in [0.15, 0.2) is 53.4 Å². The molecular formula is C18H18FN5O3S2. The molecule has 1 aromatic heterocycles. The number of aromatic nitrogens is 3. The number of sulfonamides is 1. The SMILES string of the molecule is Cn1c(CNC(=O)Cc2ccc(NS(=O)(=O)c3ccc(F)cc3)cc2)n[nH]c1=S. The first-order valence-corrected chi connectivity index (χ1v) is 10.4. The van der Waals surface area contributed by atoms with Gasteiger partial charge in [0.1, 0.15) is 5.82 Å². The number of hydrogen-bond acceptors (Lipinski definition) is 5. The highest BCUT2D eigenvalue weighted by Crippen LogP contribution is 2.17. The van der Waals surface area contributed by atoms with Gasteiger partial charge >= 0.3 is 0 Å². The second kappa shape index (κ2) is 8.53. The molecule has 0 radical (unpaired) electrons. The van der Waals surface area contributed by atoms with E-state index in [1.807, 2.05) is 0 Å². The highest BCUT2D eigenvalue weighted by Gasteiger charge is 2.14. The Morgan fingerprint density at radius 2 is 1.83 bits per heavy atom. The molecule has 3 rings (SSSR count). The topological polar surface area (TPSA) is 109 Å². The van der Waals surface area contributed by atoms with Crippen molar-refractivity contribution < 1.29 is 17.6 Å². The molecule has 11 heteroatoms. The quantitative estimate of drug-likeness (QED) is 0.494. The van der Waals surface area contributed by atoms with Crippen LogP contribution in [0.3, 0.4) is 0 Å². The number of H-pyrrole nitrogens is 1.